The second-order valence-corrected chi connectivity index (χ2v) is 7.26. The highest BCUT2D eigenvalue weighted by molar-refractivity contribution is 7.80. The standard InChI is InChI=1S/C24H24N2OS/c28-23(26-16-18-27-19-17-26)25-24(20-10-4-1-5-11-20,21-12-6-2-7-13-21)22-14-8-3-9-15-22/h1-15H,16-19H2,(H,25,28). The molecule has 1 fully saturated rings. The van der Waals surface area contributed by atoms with Crippen LogP contribution in [0.4, 0.5) is 0 Å². The Balaban J connectivity index is 1.87. The number of morpholine rings is 1. The predicted octanol–water partition coefficient (Wildman–Crippen LogP) is 4.19. The highest BCUT2D eigenvalue weighted by Gasteiger charge is 2.37. The Morgan fingerprint density at radius 1 is 0.714 bits per heavy atom. The third-order valence-electron chi connectivity index (χ3n) is 5.21. The molecule has 0 aliphatic carbocycles. The van der Waals surface area contributed by atoms with Gasteiger partial charge in [0.25, 0.3) is 0 Å². The third-order valence-corrected chi connectivity index (χ3v) is 5.57. The zero-order valence-corrected chi connectivity index (χ0v) is 16.6. The normalized spacial score (nSPS) is 14.5. The Morgan fingerprint density at radius 2 is 1.11 bits per heavy atom. The second kappa shape index (κ2) is 8.55. The maximum atomic E-state index is 5.88. The molecule has 4 heteroatoms. The average Bonchev–Trinajstić information content (AvgIpc) is 2.80. The van der Waals surface area contributed by atoms with E-state index in [2.05, 4.69) is 83.0 Å². The maximum Gasteiger partial charge on any atom is 0.170 e. The smallest absolute Gasteiger partial charge is 0.170 e. The van der Waals surface area contributed by atoms with Gasteiger partial charge in [-0.05, 0) is 28.9 Å². The van der Waals surface area contributed by atoms with Crippen LogP contribution in [0, 0.1) is 0 Å². The molecule has 3 aromatic rings. The van der Waals surface area contributed by atoms with Crippen LogP contribution in [-0.2, 0) is 10.3 Å². The lowest BCUT2D eigenvalue weighted by Gasteiger charge is -2.40. The largest absolute Gasteiger partial charge is 0.378 e. The number of rotatable bonds is 4. The van der Waals surface area contributed by atoms with E-state index in [-0.39, 0.29) is 0 Å². The molecule has 1 heterocycles. The number of benzene rings is 3. The van der Waals surface area contributed by atoms with Crippen LogP contribution in [0.3, 0.4) is 0 Å². The van der Waals surface area contributed by atoms with Crippen LogP contribution in [0.15, 0.2) is 91.0 Å². The fourth-order valence-electron chi connectivity index (χ4n) is 3.79. The molecule has 3 nitrogen and oxygen atoms in total. The molecule has 0 radical (unpaired) electrons. The van der Waals surface area contributed by atoms with Gasteiger partial charge in [-0.25, -0.2) is 0 Å². The fourth-order valence-corrected chi connectivity index (χ4v) is 4.12. The summed E-state index contributed by atoms with van der Waals surface area (Å²) < 4.78 is 5.50. The van der Waals surface area contributed by atoms with Crippen molar-refractivity contribution in [2.45, 2.75) is 5.54 Å². The lowest BCUT2D eigenvalue weighted by Crippen LogP contribution is -2.54. The average molecular weight is 389 g/mol. The third kappa shape index (κ3) is 3.66. The van der Waals surface area contributed by atoms with Gasteiger partial charge in [0.1, 0.15) is 5.54 Å². The highest BCUT2D eigenvalue weighted by Crippen LogP contribution is 2.37. The van der Waals surface area contributed by atoms with E-state index in [1.54, 1.807) is 0 Å². The number of nitrogens with one attached hydrogen (secondary N) is 1. The van der Waals surface area contributed by atoms with Gasteiger partial charge in [0, 0.05) is 13.1 Å². The first-order valence-corrected chi connectivity index (χ1v) is 10.0. The number of hydrogen-bond donors (Lipinski definition) is 1. The van der Waals surface area contributed by atoms with E-state index < -0.39 is 5.54 Å². The van der Waals surface area contributed by atoms with Gasteiger partial charge in [-0.2, -0.15) is 0 Å². The lowest BCUT2D eigenvalue weighted by molar-refractivity contribution is 0.0672. The molecule has 142 valence electrons. The van der Waals surface area contributed by atoms with Crippen LogP contribution in [-0.4, -0.2) is 36.3 Å². The SMILES string of the molecule is S=C(NC(c1ccccc1)(c1ccccc1)c1ccccc1)N1CCOCC1. The van der Waals surface area contributed by atoms with E-state index >= 15 is 0 Å². The minimum absolute atomic E-state index is 0.570. The molecule has 3 aromatic carbocycles. The van der Waals surface area contributed by atoms with Crippen LogP contribution in [0.25, 0.3) is 0 Å². The van der Waals surface area contributed by atoms with Crippen molar-refractivity contribution in [3.63, 3.8) is 0 Å². The minimum Gasteiger partial charge on any atom is -0.378 e. The summed E-state index contributed by atoms with van der Waals surface area (Å²) in [5, 5.41) is 4.50. The van der Waals surface area contributed by atoms with Gasteiger partial charge >= 0.3 is 0 Å². The molecule has 1 N–H and O–H groups in total. The van der Waals surface area contributed by atoms with Crippen LogP contribution >= 0.6 is 12.2 Å². The number of hydrogen-bond acceptors (Lipinski definition) is 2. The van der Waals surface area contributed by atoms with Gasteiger partial charge in [0.05, 0.1) is 13.2 Å². The number of nitrogens with zero attached hydrogens (tertiary/aromatic N) is 1. The van der Waals surface area contributed by atoms with Crippen molar-refractivity contribution in [1.29, 1.82) is 0 Å². The molecule has 0 aromatic heterocycles. The van der Waals surface area contributed by atoms with Gasteiger partial charge in [0.2, 0.25) is 0 Å². The first kappa shape index (κ1) is 18.7. The number of ether oxygens (including phenoxy) is 1. The van der Waals surface area contributed by atoms with Gasteiger partial charge in [0.15, 0.2) is 5.11 Å². The monoisotopic (exact) mass is 388 g/mol. The van der Waals surface area contributed by atoms with Crippen LogP contribution < -0.4 is 5.32 Å². The Labute approximate surface area is 172 Å². The van der Waals surface area contributed by atoms with E-state index in [0.29, 0.717) is 13.2 Å². The van der Waals surface area contributed by atoms with Crippen molar-refractivity contribution in [3.8, 4) is 0 Å². The maximum absolute atomic E-state index is 5.88. The summed E-state index contributed by atoms with van der Waals surface area (Å²) in [5.41, 5.74) is 2.90. The molecular formula is C24H24N2OS. The zero-order valence-electron chi connectivity index (χ0n) is 15.8. The molecule has 1 aliphatic heterocycles. The van der Waals surface area contributed by atoms with E-state index in [9.17, 15) is 0 Å². The molecule has 0 spiro atoms. The zero-order chi connectivity index (χ0) is 19.2. The van der Waals surface area contributed by atoms with E-state index in [0.717, 1.165) is 34.9 Å². The van der Waals surface area contributed by atoms with Gasteiger partial charge < -0.3 is 15.0 Å². The van der Waals surface area contributed by atoms with Crippen molar-refractivity contribution in [3.05, 3.63) is 108 Å². The topological polar surface area (TPSA) is 24.5 Å². The molecule has 1 aliphatic rings. The molecule has 0 bridgehead atoms. The minimum atomic E-state index is -0.570. The van der Waals surface area contributed by atoms with Gasteiger partial charge in [-0.3, -0.25) is 0 Å². The lowest BCUT2D eigenvalue weighted by atomic mass is 9.77. The Hall–Kier alpha value is -2.69. The van der Waals surface area contributed by atoms with E-state index in [1.165, 1.54) is 0 Å². The summed E-state index contributed by atoms with van der Waals surface area (Å²) in [6.45, 7) is 3.02. The quantitative estimate of drug-likeness (QED) is 0.535. The highest BCUT2D eigenvalue weighted by atomic mass is 32.1. The van der Waals surface area contributed by atoms with Crippen LogP contribution in [0.5, 0.6) is 0 Å². The second-order valence-electron chi connectivity index (χ2n) is 6.88. The Bertz CT molecular complexity index is 797. The molecule has 1 saturated heterocycles. The fraction of sp³-hybridized carbons (Fsp3) is 0.208. The molecular weight excluding hydrogens is 364 g/mol. The van der Waals surface area contributed by atoms with Gasteiger partial charge in [-0.1, -0.05) is 91.0 Å². The molecule has 0 amide bonds. The van der Waals surface area contributed by atoms with Crippen molar-refractivity contribution in [2.24, 2.45) is 0 Å². The summed E-state index contributed by atoms with van der Waals surface area (Å²) in [4.78, 5) is 2.20. The number of thiocarbonyl (C=S) groups is 1. The summed E-state index contributed by atoms with van der Waals surface area (Å²) in [6, 6.07) is 31.6. The summed E-state index contributed by atoms with van der Waals surface area (Å²) in [5.74, 6) is 0. The Morgan fingerprint density at radius 3 is 1.50 bits per heavy atom. The van der Waals surface area contributed by atoms with Crippen molar-refractivity contribution < 1.29 is 4.74 Å². The summed E-state index contributed by atoms with van der Waals surface area (Å²) in [7, 11) is 0. The van der Waals surface area contributed by atoms with Crippen molar-refractivity contribution >= 4 is 17.3 Å². The predicted molar refractivity (Wildman–Crippen MR) is 117 cm³/mol. The van der Waals surface area contributed by atoms with Gasteiger partial charge in [-0.15, -0.1) is 0 Å². The molecule has 4 rings (SSSR count). The van der Waals surface area contributed by atoms with E-state index in [1.807, 2.05) is 18.2 Å². The van der Waals surface area contributed by atoms with Crippen LogP contribution in [0.1, 0.15) is 16.7 Å². The molecule has 0 unspecified atom stereocenters. The van der Waals surface area contributed by atoms with Crippen molar-refractivity contribution in [2.75, 3.05) is 26.3 Å². The first-order valence-electron chi connectivity index (χ1n) is 9.62. The van der Waals surface area contributed by atoms with E-state index in [4.69, 9.17) is 17.0 Å². The summed E-state index contributed by atoms with van der Waals surface area (Å²) >= 11 is 5.88. The summed E-state index contributed by atoms with van der Waals surface area (Å²) in [6.07, 6.45) is 0. The molecule has 0 atom stereocenters. The van der Waals surface area contributed by atoms with Crippen LogP contribution in [0.2, 0.25) is 0 Å². The van der Waals surface area contributed by atoms with Crippen molar-refractivity contribution in [1.82, 2.24) is 10.2 Å². The molecule has 0 saturated carbocycles. The first-order chi connectivity index (χ1) is 13.8. The molecule has 28 heavy (non-hydrogen) atoms. The Kier molecular flexibility index (Phi) is 5.70.